The molecule has 1 saturated heterocycles. The predicted molar refractivity (Wildman–Crippen MR) is 117 cm³/mol. The number of ether oxygens (including phenoxy) is 1. The van der Waals surface area contributed by atoms with Crippen molar-refractivity contribution in [2.45, 2.75) is 18.4 Å². The van der Waals surface area contributed by atoms with E-state index < -0.39 is 0 Å². The Bertz CT molecular complexity index is 1030. The maximum Gasteiger partial charge on any atom is 0.228 e. The summed E-state index contributed by atoms with van der Waals surface area (Å²) in [6.45, 7) is 5.75. The summed E-state index contributed by atoms with van der Waals surface area (Å²) in [4.78, 5) is 9.41. The molecule has 8 nitrogen and oxygen atoms in total. The Morgan fingerprint density at radius 3 is 2.97 bits per heavy atom. The summed E-state index contributed by atoms with van der Waals surface area (Å²) >= 11 is 1.62. The molecule has 152 valence electrons. The number of allylic oxidation sites excluding steroid dienone is 1. The Labute approximate surface area is 173 Å². The molecule has 0 unspecified atom stereocenters. The van der Waals surface area contributed by atoms with Gasteiger partial charge >= 0.3 is 0 Å². The number of fused-ring (bicyclic) bond motifs is 1. The predicted octanol–water partition coefficient (Wildman–Crippen LogP) is 2.68. The number of hydrogen-bond acceptors (Lipinski definition) is 8. The first-order valence-electron chi connectivity index (χ1n) is 9.54. The minimum atomic E-state index is -0.204. The third-order valence-electron chi connectivity index (χ3n) is 5.22. The Morgan fingerprint density at radius 2 is 2.24 bits per heavy atom. The first kappa shape index (κ1) is 19.6. The van der Waals surface area contributed by atoms with E-state index >= 15 is 0 Å². The molecule has 3 aromatic rings. The van der Waals surface area contributed by atoms with Crippen molar-refractivity contribution in [3.8, 4) is 11.3 Å². The van der Waals surface area contributed by atoms with E-state index in [1.54, 1.807) is 17.4 Å². The second-order valence-electron chi connectivity index (χ2n) is 6.96. The summed E-state index contributed by atoms with van der Waals surface area (Å²) in [6.07, 6.45) is 9.13. The highest BCUT2D eigenvalue weighted by atomic mass is 32.1. The number of anilines is 1. The molecule has 0 saturated carbocycles. The molecule has 1 aliphatic rings. The fourth-order valence-corrected chi connectivity index (χ4v) is 4.37. The highest BCUT2D eigenvalue weighted by Gasteiger charge is 2.34. The Morgan fingerprint density at radius 1 is 1.41 bits per heavy atom. The topological polar surface area (TPSA) is 103 Å². The zero-order valence-electron chi connectivity index (χ0n) is 16.4. The van der Waals surface area contributed by atoms with Gasteiger partial charge in [0, 0.05) is 44.8 Å². The van der Waals surface area contributed by atoms with E-state index in [1.807, 2.05) is 41.8 Å². The molecule has 1 aliphatic heterocycles. The van der Waals surface area contributed by atoms with Gasteiger partial charge in [-0.15, -0.1) is 11.3 Å². The van der Waals surface area contributed by atoms with Crippen LogP contribution in [0.3, 0.4) is 0 Å². The largest absolute Gasteiger partial charge is 0.392 e. The van der Waals surface area contributed by atoms with Crippen LogP contribution in [0.2, 0.25) is 0 Å². The minimum Gasteiger partial charge on any atom is -0.392 e. The molecule has 4 heterocycles. The van der Waals surface area contributed by atoms with Crippen LogP contribution >= 0.6 is 11.3 Å². The van der Waals surface area contributed by atoms with Crippen molar-refractivity contribution < 1.29 is 4.74 Å². The average molecular weight is 412 g/mol. The SMILES string of the molecule is C=C/C(=C\NC)Nc1nc(-c2cnn(C3(CN)CCOCC3)c2)c2sccc2n1. The van der Waals surface area contributed by atoms with E-state index in [4.69, 9.17) is 15.5 Å². The summed E-state index contributed by atoms with van der Waals surface area (Å²) in [5, 5.41) is 12.9. The zero-order valence-corrected chi connectivity index (χ0v) is 17.2. The quantitative estimate of drug-likeness (QED) is 0.514. The van der Waals surface area contributed by atoms with Gasteiger partial charge < -0.3 is 21.1 Å². The molecule has 29 heavy (non-hydrogen) atoms. The summed E-state index contributed by atoms with van der Waals surface area (Å²) < 4.78 is 8.55. The fourth-order valence-electron chi connectivity index (χ4n) is 3.53. The third-order valence-corrected chi connectivity index (χ3v) is 6.14. The van der Waals surface area contributed by atoms with E-state index in [2.05, 4.69) is 27.3 Å². The fraction of sp³-hybridized carbons (Fsp3) is 0.350. The molecule has 0 spiro atoms. The van der Waals surface area contributed by atoms with E-state index in [-0.39, 0.29) is 5.54 Å². The molecule has 0 bridgehead atoms. The van der Waals surface area contributed by atoms with Crippen LogP contribution in [0.4, 0.5) is 5.95 Å². The van der Waals surface area contributed by atoms with Gasteiger partial charge in [-0.1, -0.05) is 6.58 Å². The van der Waals surface area contributed by atoms with Gasteiger partial charge in [0.25, 0.3) is 0 Å². The molecule has 0 amide bonds. The lowest BCUT2D eigenvalue weighted by Crippen LogP contribution is -2.46. The van der Waals surface area contributed by atoms with Crippen molar-refractivity contribution in [3.05, 3.63) is 48.4 Å². The van der Waals surface area contributed by atoms with Crippen LogP contribution in [-0.2, 0) is 10.3 Å². The zero-order chi connectivity index (χ0) is 20.3. The maximum atomic E-state index is 6.14. The number of hydrogen-bond donors (Lipinski definition) is 3. The second kappa shape index (κ2) is 8.32. The molecule has 0 aliphatic carbocycles. The van der Waals surface area contributed by atoms with Crippen LogP contribution in [0.1, 0.15) is 12.8 Å². The van der Waals surface area contributed by atoms with Crippen molar-refractivity contribution in [1.29, 1.82) is 0 Å². The second-order valence-corrected chi connectivity index (χ2v) is 7.88. The lowest BCUT2D eigenvalue weighted by atomic mass is 9.90. The molecular formula is C20H25N7OS. The van der Waals surface area contributed by atoms with E-state index in [0.717, 1.165) is 40.0 Å². The first-order valence-corrected chi connectivity index (χ1v) is 10.4. The van der Waals surface area contributed by atoms with Gasteiger partial charge in [0.05, 0.1) is 33.3 Å². The van der Waals surface area contributed by atoms with Crippen molar-refractivity contribution in [2.75, 3.05) is 32.1 Å². The number of rotatable bonds is 7. The van der Waals surface area contributed by atoms with Crippen LogP contribution in [0.5, 0.6) is 0 Å². The minimum absolute atomic E-state index is 0.204. The summed E-state index contributed by atoms with van der Waals surface area (Å²) in [5.41, 5.74) is 9.41. The Hall–Kier alpha value is -2.75. The van der Waals surface area contributed by atoms with Gasteiger partial charge in [-0.25, -0.2) is 9.97 Å². The van der Waals surface area contributed by atoms with Crippen molar-refractivity contribution in [3.63, 3.8) is 0 Å². The monoisotopic (exact) mass is 411 g/mol. The van der Waals surface area contributed by atoms with Gasteiger partial charge in [0.1, 0.15) is 0 Å². The standard InChI is InChI=1S/C20H25N7OS/c1-3-15(11-22-2)24-19-25-16-4-9-29-18(16)17(26-19)14-10-23-27(12-14)20(13-21)5-7-28-8-6-20/h3-4,9-12,22H,1,5-8,13,21H2,2H3,(H,24,25,26)/b15-11+. The van der Waals surface area contributed by atoms with E-state index in [9.17, 15) is 0 Å². The molecule has 3 aromatic heterocycles. The van der Waals surface area contributed by atoms with Crippen LogP contribution in [-0.4, -0.2) is 46.6 Å². The Balaban J connectivity index is 1.74. The number of nitrogens with one attached hydrogen (secondary N) is 2. The maximum absolute atomic E-state index is 6.14. The average Bonchev–Trinajstić information content (AvgIpc) is 3.43. The number of nitrogens with zero attached hydrogens (tertiary/aromatic N) is 4. The van der Waals surface area contributed by atoms with Gasteiger partial charge in [-0.05, 0) is 30.4 Å². The first-order chi connectivity index (χ1) is 14.2. The van der Waals surface area contributed by atoms with Crippen molar-refractivity contribution in [1.82, 2.24) is 25.1 Å². The van der Waals surface area contributed by atoms with Crippen LogP contribution in [0, 0.1) is 0 Å². The molecule has 9 heteroatoms. The highest BCUT2D eigenvalue weighted by molar-refractivity contribution is 7.17. The smallest absolute Gasteiger partial charge is 0.228 e. The molecule has 0 aromatic carbocycles. The molecule has 1 fully saturated rings. The Kier molecular flexibility index (Phi) is 5.61. The molecular weight excluding hydrogens is 386 g/mol. The summed E-state index contributed by atoms with van der Waals surface area (Å²) in [5.74, 6) is 0.514. The normalized spacial score (nSPS) is 16.7. The van der Waals surface area contributed by atoms with Gasteiger partial charge in [-0.3, -0.25) is 4.68 Å². The van der Waals surface area contributed by atoms with Crippen molar-refractivity contribution >= 4 is 27.5 Å². The van der Waals surface area contributed by atoms with Gasteiger partial charge in [0.15, 0.2) is 0 Å². The van der Waals surface area contributed by atoms with Crippen molar-refractivity contribution in [2.24, 2.45) is 5.73 Å². The lowest BCUT2D eigenvalue weighted by molar-refractivity contribution is 0.0193. The van der Waals surface area contributed by atoms with Crippen LogP contribution in [0.25, 0.3) is 21.5 Å². The molecule has 4 rings (SSSR count). The lowest BCUT2D eigenvalue weighted by Gasteiger charge is -2.36. The van der Waals surface area contributed by atoms with Gasteiger partial charge in [-0.2, -0.15) is 5.10 Å². The molecule has 4 N–H and O–H groups in total. The van der Waals surface area contributed by atoms with E-state index in [1.165, 1.54) is 0 Å². The number of nitrogens with two attached hydrogens (primary N) is 1. The number of aromatic nitrogens is 4. The molecule has 0 atom stereocenters. The highest BCUT2D eigenvalue weighted by Crippen LogP contribution is 2.34. The van der Waals surface area contributed by atoms with E-state index in [0.29, 0.717) is 25.7 Å². The number of thiophene rings is 1. The third kappa shape index (κ3) is 3.76. The van der Waals surface area contributed by atoms with Crippen LogP contribution in [0.15, 0.2) is 48.4 Å². The van der Waals surface area contributed by atoms with Crippen LogP contribution < -0.4 is 16.4 Å². The summed E-state index contributed by atoms with van der Waals surface area (Å²) in [7, 11) is 1.83. The molecule has 0 radical (unpaired) electrons. The summed E-state index contributed by atoms with van der Waals surface area (Å²) in [6, 6.07) is 2.00. The van der Waals surface area contributed by atoms with Gasteiger partial charge in [0.2, 0.25) is 5.95 Å².